The predicted molar refractivity (Wildman–Crippen MR) is 72.0 cm³/mol. The number of aromatic nitrogens is 1. The van der Waals surface area contributed by atoms with Crippen LogP contribution in [0.1, 0.15) is 16.1 Å². The number of phenolic OH excluding ortho intramolecular Hbond substituents is 1. The highest BCUT2D eigenvalue weighted by Crippen LogP contribution is 2.14. The van der Waals surface area contributed by atoms with Crippen LogP contribution in [0.2, 0.25) is 0 Å². The molecular weight excluding hydrogens is 242 g/mol. The quantitative estimate of drug-likeness (QED) is 0.645. The van der Waals surface area contributed by atoms with Crippen LogP contribution in [0.15, 0.2) is 53.8 Å². The number of amides is 1. The number of hydrogen-bond donors (Lipinski definition) is 2. The van der Waals surface area contributed by atoms with Crippen molar-refractivity contribution in [3.05, 3.63) is 59.9 Å². The standard InChI is InChI=1S/C14H13N3O2/c18-13-7-2-1-6-12(13)14(19)17-16-10-8-11-5-3-4-9-15-11/h1-7,9-10,18H,8H2,(H,17,19). The number of nitrogens with zero attached hydrogens (tertiary/aromatic N) is 2. The van der Waals surface area contributed by atoms with Gasteiger partial charge in [-0.15, -0.1) is 0 Å². The molecule has 1 amide bonds. The lowest BCUT2D eigenvalue weighted by Gasteiger charge is -2.01. The number of benzene rings is 1. The molecule has 0 saturated carbocycles. The van der Waals surface area contributed by atoms with E-state index in [1.54, 1.807) is 24.5 Å². The molecule has 0 atom stereocenters. The second-order valence-electron chi connectivity index (χ2n) is 3.79. The van der Waals surface area contributed by atoms with E-state index in [0.717, 1.165) is 5.69 Å². The molecule has 1 aromatic carbocycles. The van der Waals surface area contributed by atoms with E-state index in [1.165, 1.54) is 12.1 Å². The first kappa shape index (κ1) is 12.8. The van der Waals surface area contributed by atoms with Gasteiger partial charge in [-0.3, -0.25) is 9.78 Å². The maximum atomic E-state index is 11.7. The van der Waals surface area contributed by atoms with Gasteiger partial charge in [-0.1, -0.05) is 18.2 Å². The van der Waals surface area contributed by atoms with Crippen LogP contribution in [0.5, 0.6) is 5.75 Å². The number of para-hydroxylation sites is 1. The molecule has 2 rings (SSSR count). The van der Waals surface area contributed by atoms with Crippen molar-refractivity contribution in [3.8, 4) is 5.75 Å². The molecule has 0 bridgehead atoms. The molecular formula is C14H13N3O2. The SMILES string of the molecule is O=C(NN=CCc1ccccn1)c1ccccc1O. The highest BCUT2D eigenvalue weighted by atomic mass is 16.3. The molecule has 0 radical (unpaired) electrons. The van der Waals surface area contributed by atoms with E-state index < -0.39 is 5.91 Å². The number of aromatic hydroxyl groups is 1. The average Bonchev–Trinajstić information content (AvgIpc) is 2.45. The van der Waals surface area contributed by atoms with E-state index in [0.29, 0.717) is 6.42 Å². The molecule has 0 aliphatic heterocycles. The van der Waals surface area contributed by atoms with Crippen molar-refractivity contribution in [2.45, 2.75) is 6.42 Å². The van der Waals surface area contributed by atoms with Gasteiger partial charge in [0.05, 0.1) is 5.56 Å². The summed E-state index contributed by atoms with van der Waals surface area (Å²) in [5.74, 6) is -0.518. The first-order chi connectivity index (χ1) is 9.27. The Morgan fingerprint density at radius 3 is 2.79 bits per heavy atom. The highest BCUT2D eigenvalue weighted by Gasteiger charge is 2.08. The normalized spacial score (nSPS) is 10.5. The molecule has 5 heteroatoms. The third-order valence-corrected chi connectivity index (χ3v) is 2.43. The van der Waals surface area contributed by atoms with E-state index in [4.69, 9.17) is 0 Å². The van der Waals surface area contributed by atoms with Gasteiger partial charge >= 0.3 is 0 Å². The molecule has 2 aromatic rings. The number of pyridine rings is 1. The minimum Gasteiger partial charge on any atom is -0.507 e. The van der Waals surface area contributed by atoms with Crippen molar-refractivity contribution in [3.63, 3.8) is 0 Å². The minimum absolute atomic E-state index is 0.0695. The molecule has 0 aliphatic rings. The van der Waals surface area contributed by atoms with E-state index >= 15 is 0 Å². The van der Waals surface area contributed by atoms with E-state index in [2.05, 4.69) is 15.5 Å². The number of nitrogens with one attached hydrogen (secondary N) is 1. The van der Waals surface area contributed by atoms with Gasteiger partial charge in [0, 0.05) is 24.5 Å². The van der Waals surface area contributed by atoms with E-state index in [-0.39, 0.29) is 11.3 Å². The van der Waals surface area contributed by atoms with Crippen LogP contribution in [0, 0.1) is 0 Å². The van der Waals surface area contributed by atoms with Crippen molar-refractivity contribution in [2.24, 2.45) is 5.10 Å². The summed E-state index contributed by atoms with van der Waals surface area (Å²) in [5, 5.41) is 13.3. The zero-order valence-electron chi connectivity index (χ0n) is 10.2. The van der Waals surface area contributed by atoms with E-state index in [9.17, 15) is 9.90 Å². The monoisotopic (exact) mass is 255 g/mol. The lowest BCUT2D eigenvalue weighted by atomic mass is 10.2. The van der Waals surface area contributed by atoms with Gasteiger partial charge in [0.25, 0.3) is 5.91 Å². The molecule has 5 nitrogen and oxygen atoms in total. The van der Waals surface area contributed by atoms with Gasteiger partial charge in [-0.05, 0) is 24.3 Å². The van der Waals surface area contributed by atoms with Crippen molar-refractivity contribution >= 4 is 12.1 Å². The molecule has 19 heavy (non-hydrogen) atoms. The maximum absolute atomic E-state index is 11.7. The van der Waals surface area contributed by atoms with Crippen molar-refractivity contribution in [1.82, 2.24) is 10.4 Å². The van der Waals surface area contributed by atoms with E-state index in [1.807, 2.05) is 18.2 Å². The highest BCUT2D eigenvalue weighted by molar-refractivity contribution is 5.96. The molecule has 0 fully saturated rings. The zero-order chi connectivity index (χ0) is 13.5. The largest absolute Gasteiger partial charge is 0.507 e. The van der Waals surface area contributed by atoms with Crippen molar-refractivity contribution in [2.75, 3.05) is 0 Å². The molecule has 0 aliphatic carbocycles. The van der Waals surface area contributed by atoms with Crippen LogP contribution in [-0.2, 0) is 6.42 Å². The summed E-state index contributed by atoms with van der Waals surface area (Å²) in [7, 11) is 0. The lowest BCUT2D eigenvalue weighted by Crippen LogP contribution is -2.17. The van der Waals surface area contributed by atoms with Crippen LogP contribution in [0.25, 0.3) is 0 Å². The number of rotatable bonds is 4. The minimum atomic E-state index is -0.449. The Morgan fingerprint density at radius 1 is 1.26 bits per heavy atom. The summed E-state index contributed by atoms with van der Waals surface area (Å²) < 4.78 is 0. The van der Waals surface area contributed by atoms with Gasteiger partial charge in [-0.2, -0.15) is 5.10 Å². The predicted octanol–water partition coefficient (Wildman–Crippen LogP) is 1.75. The first-order valence-electron chi connectivity index (χ1n) is 5.77. The lowest BCUT2D eigenvalue weighted by molar-refractivity contribution is 0.0952. The average molecular weight is 255 g/mol. The Labute approximate surface area is 110 Å². The second kappa shape index (κ2) is 6.30. The fraction of sp³-hybridized carbons (Fsp3) is 0.0714. The maximum Gasteiger partial charge on any atom is 0.275 e. The summed E-state index contributed by atoms with van der Waals surface area (Å²) in [4.78, 5) is 15.8. The van der Waals surface area contributed by atoms with Crippen molar-refractivity contribution < 1.29 is 9.90 Å². The van der Waals surface area contributed by atoms with Gasteiger partial charge in [0.1, 0.15) is 5.75 Å². The Kier molecular flexibility index (Phi) is 4.23. The molecule has 1 heterocycles. The third kappa shape index (κ3) is 3.64. The van der Waals surface area contributed by atoms with Gasteiger partial charge < -0.3 is 5.11 Å². The molecule has 1 aromatic heterocycles. The third-order valence-electron chi connectivity index (χ3n) is 2.43. The van der Waals surface area contributed by atoms with Crippen LogP contribution >= 0.6 is 0 Å². The Morgan fingerprint density at radius 2 is 2.05 bits per heavy atom. The summed E-state index contributed by atoms with van der Waals surface area (Å²) in [6.45, 7) is 0. The summed E-state index contributed by atoms with van der Waals surface area (Å²) in [6, 6.07) is 11.9. The molecule has 0 spiro atoms. The van der Waals surface area contributed by atoms with Crippen LogP contribution < -0.4 is 5.43 Å². The first-order valence-corrected chi connectivity index (χ1v) is 5.77. The van der Waals surface area contributed by atoms with Gasteiger partial charge in [0.2, 0.25) is 0 Å². The Bertz CT molecular complexity index is 582. The zero-order valence-corrected chi connectivity index (χ0v) is 10.2. The smallest absolute Gasteiger partial charge is 0.275 e. The number of hydrogen-bond acceptors (Lipinski definition) is 4. The summed E-state index contributed by atoms with van der Waals surface area (Å²) in [5.41, 5.74) is 3.41. The Balaban J connectivity index is 1.89. The number of phenols is 1. The number of hydrazone groups is 1. The summed E-state index contributed by atoms with van der Waals surface area (Å²) >= 11 is 0. The fourth-order valence-electron chi connectivity index (χ4n) is 1.49. The fourth-order valence-corrected chi connectivity index (χ4v) is 1.49. The van der Waals surface area contributed by atoms with Gasteiger partial charge in [-0.25, -0.2) is 5.43 Å². The molecule has 0 unspecified atom stereocenters. The topological polar surface area (TPSA) is 74.6 Å². The number of carbonyl (C=O) groups is 1. The van der Waals surface area contributed by atoms with Crippen molar-refractivity contribution in [1.29, 1.82) is 0 Å². The van der Waals surface area contributed by atoms with Crippen LogP contribution in [-0.4, -0.2) is 22.2 Å². The van der Waals surface area contributed by atoms with Crippen LogP contribution in [0.3, 0.4) is 0 Å². The Hall–Kier alpha value is -2.69. The molecule has 96 valence electrons. The number of carbonyl (C=O) groups excluding carboxylic acids is 1. The molecule has 0 saturated heterocycles. The summed E-state index contributed by atoms with van der Waals surface area (Å²) in [6.07, 6.45) is 3.78. The molecule has 2 N–H and O–H groups in total. The second-order valence-corrected chi connectivity index (χ2v) is 3.79. The van der Waals surface area contributed by atoms with Crippen LogP contribution in [0.4, 0.5) is 0 Å². The van der Waals surface area contributed by atoms with Gasteiger partial charge in [0.15, 0.2) is 0 Å².